The molecule has 3 rings (SSSR count). The summed E-state index contributed by atoms with van der Waals surface area (Å²) >= 11 is 12.0. The van der Waals surface area contributed by atoms with Gasteiger partial charge in [0.05, 0.1) is 5.52 Å². The van der Waals surface area contributed by atoms with E-state index in [-0.39, 0.29) is 0 Å². The highest BCUT2D eigenvalue weighted by atomic mass is 35.5. The van der Waals surface area contributed by atoms with Crippen molar-refractivity contribution in [1.82, 2.24) is 9.97 Å². The molecule has 0 aliphatic carbocycles. The lowest BCUT2D eigenvalue weighted by Crippen LogP contribution is -1.98. The number of hydrogen-bond acceptors (Lipinski definition) is 3. The summed E-state index contributed by atoms with van der Waals surface area (Å²) in [6.45, 7) is 1.94. The van der Waals surface area contributed by atoms with E-state index in [1.165, 1.54) is 0 Å². The fourth-order valence-electron chi connectivity index (χ4n) is 2.04. The third-order valence-corrected chi connectivity index (χ3v) is 3.76. The fraction of sp³-hybridized carbons (Fsp3) is 0.0667. The topological polar surface area (TPSA) is 51.8 Å². The highest BCUT2D eigenvalue weighted by molar-refractivity contribution is 6.31. The van der Waals surface area contributed by atoms with E-state index in [0.29, 0.717) is 21.7 Å². The van der Waals surface area contributed by atoms with Gasteiger partial charge in [0.2, 0.25) is 0 Å². The molecule has 0 saturated carbocycles. The zero-order chi connectivity index (χ0) is 14.3. The van der Waals surface area contributed by atoms with Crippen molar-refractivity contribution in [2.75, 3.05) is 5.73 Å². The van der Waals surface area contributed by atoms with Crippen molar-refractivity contribution >= 4 is 39.9 Å². The molecular formula is C15H11Cl2N3. The third-order valence-electron chi connectivity index (χ3n) is 3.10. The predicted octanol–water partition coefficient (Wildman–Crippen LogP) is 4.49. The second kappa shape index (κ2) is 4.93. The molecule has 2 N–H and O–H groups in total. The Hall–Kier alpha value is -1.84. The summed E-state index contributed by atoms with van der Waals surface area (Å²) in [4.78, 5) is 8.87. The summed E-state index contributed by atoms with van der Waals surface area (Å²) in [5.41, 5.74) is 8.57. The monoisotopic (exact) mass is 303 g/mol. The molecule has 0 bridgehead atoms. The van der Waals surface area contributed by atoms with Crippen LogP contribution in [0.15, 0.2) is 36.4 Å². The summed E-state index contributed by atoms with van der Waals surface area (Å²) in [6.07, 6.45) is 0. The van der Waals surface area contributed by atoms with Gasteiger partial charge in [-0.15, -0.1) is 0 Å². The van der Waals surface area contributed by atoms with E-state index >= 15 is 0 Å². The van der Waals surface area contributed by atoms with E-state index in [0.717, 1.165) is 22.0 Å². The molecule has 1 aromatic heterocycles. The lowest BCUT2D eigenvalue weighted by Gasteiger charge is -2.07. The second-order valence-electron chi connectivity index (χ2n) is 4.56. The van der Waals surface area contributed by atoms with E-state index < -0.39 is 0 Å². The minimum Gasteiger partial charge on any atom is -0.383 e. The fourth-order valence-corrected chi connectivity index (χ4v) is 2.32. The van der Waals surface area contributed by atoms with Gasteiger partial charge in [-0.05, 0) is 48.9 Å². The van der Waals surface area contributed by atoms with Crippen molar-refractivity contribution < 1.29 is 0 Å². The van der Waals surface area contributed by atoms with Gasteiger partial charge in [-0.25, -0.2) is 9.97 Å². The second-order valence-corrected chi connectivity index (χ2v) is 5.40. The van der Waals surface area contributed by atoms with Crippen LogP contribution in [0.3, 0.4) is 0 Å². The largest absolute Gasteiger partial charge is 0.383 e. The number of nitrogen functional groups attached to an aromatic ring is 1. The van der Waals surface area contributed by atoms with Crippen LogP contribution in [0, 0.1) is 6.92 Å². The average molecular weight is 304 g/mol. The molecule has 0 aliphatic rings. The summed E-state index contributed by atoms with van der Waals surface area (Å²) in [5, 5.41) is 2.13. The lowest BCUT2D eigenvalue weighted by atomic mass is 10.1. The summed E-state index contributed by atoms with van der Waals surface area (Å²) in [6, 6.07) is 11.0. The van der Waals surface area contributed by atoms with Gasteiger partial charge >= 0.3 is 0 Å². The van der Waals surface area contributed by atoms with Crippen LogP contribution in [0.4, 0.5) is 5.82 Å². The first-order valence-electron chi connectivity index (χ1n) is 6.04. The molecule has 0 radical (unpaired) electrons. The maximum Gasteiger partial charge on any atom is 0.162 e. The Labute approximate surface area is 126 Å². The molecule has 3 nitrogen and oxygen atoms in total. The van der Waals surface area contributed by atoms with Gasteiger partial charge in [0, 0.05) is 21.0 Å². The van der Waals surface area contributed by atoms with E-state index in [9.17, 15) is 0 Å². The van der Waals surface area contributed by atoms with Crippen LogP contribution in [-0.4, -0.2) is 9.97 Å². The molecule has 0 saturated heterocycles. The number of halogens is 2. The van der Waals surface area contributed by atoms with E-state index in [4.69, 9.17) is 28.9 Å². The van der Waals surface area contributed by atoms with Crippen molar-refractivity contribution in [3.8, 4) is 11.4 Å². The molecule has 2 aromatic carbocycles. The first-order chi connectivity index (χ1) is 9.54. The molecular weight excluding hydrogens is 293 g/mol. The molecule has 0 fully saturated rings. The number of benzene rings is 2. The lowest BCUT2D eigenvalue weighted by molar-refractivity contribution is 1.23. The number of nitrogens with zero attached hydrogens (tertiary/aromatic N) is 2. The molecule has 100 valence electrons. The maximum absolute atomic E-state index is 6.03. The van der Waals surface area contributed by atoms with Gasteiger partial charge in [0.15, 0.2) is 5.82 Å². The Balaban J connectivity index is 2.23. The van der Waals surface area contributed by atoms with Crippen LogP contribution in [0.25, 0.3) is 22.3 Å². The van der Waals surface area contributed by atoms with Crippen LogP contribution in [0.2, 0.25) is 10.0 Å². The number of rotatable bonds is 1. The van der Waals surface area contributed by atoms with Crippen molar-refractivity contribution in [2.24, 2.45) is 0 Å². The van der Waals surface area contributed by atoms with Crippen LogP contribution in [0.1, 0.15) is 5.56 Å². The van der Waals surface area contributed by atoms with Crippen molar-refractivity contribution in [2.45, 2.75) is 6.92 Å². The molecule has 5 heteroatoms. The Morgan fingerprint density at radius 3 is 2.55 bits per heavy atom. The van der Waals surface area contributed by atoms with Gasteiger partial charge in [-0.3, -0.25) is 0 Å². The van der Waals surface area contributed by atoms with Gasteiger partial charge in [-0.1, -0.05) is 23.2 Å². The molecule has 0 unspecified atom stereocenters. The molecule has 0 spiro atoms. The van der Waals surface area contributed by atoms with E-state index in [2.05, 4.69) is 9.97 Å². The van der Waals surface area contributed by atoms with Crippen LogP contribution in [0.5, 0.6) is 0 Å². The Morgan fingerprint density at radius 2 is 1.80 bits per heavy atom. The molecule has 0 aliphatic heterocycles. The van der Waals surface area contributed by atoms with Gasteiger partial charge in [-0.2, -0.15) is 0 Å². The van der Waals surface area contributed by atoms with Gasteiger partial charge in [0.1, 0.15) is 5.82 Å². The minimum absolute atomic E-state index is 0.439. The average Bonchev–Trinajstić information content (AvgIpc) is 2.41. The number of fused-ring (bicyclic) bond motifs is 1. The number of aryl methyl sites for hydroxylation is 1. The highest BCUT2D eigenvalue weighted by Gasteiger charge is 2.09. The first kappa shape index (κ1) is 13.2. The maximum atomic E-state index is 6.03. The van der Waals surface area contributed by atoms with Crippen LogP contribution in [-0.2, 0) is 0 Å². The number of nitrogens with two attached hydrogens (primary N) is 1. The summed E-state index contributed by atoms with van der Waals surface area (Å²) in [7, 11) is 0. The molecule has 1 heterocycles. The van der Waals surface area contributed by atoms with E-state index in [1.54, 1.807) is 12.1 Å². The van der Waals surface area contributed by atoms with Crippen molar-refractivity contribution in [3.05, 3.63) is 52.0 Å². The van der Waals surface area contributed by atoms with Crippen molar-refractivity contribution in [3.63, 3.8) is 0 Å². The zero-order valence-corrected chi connectivity index (χ0v) is 12.2. The van der Waals surface area contributed by atoms with Crippen LogP contribution < -0.4 is 5.73 Å². The van der Waals surface area contributed by atoms with Gasteiger partial charge in [0.25, 0.3) is 0 Å². The third kappa shape index (κ3) is 2.30. The Kier molecular flexibility index (Phi) is 3.24. The highest BCUT2D eigenvalue weighted by Crippen LogP contribution is 2.27. The SMILES string of the molecule is Cc1cc(-c2nc(N)c3ccc(Cl)cc3n2)ccc1Cl. The standard InChI is InChI=1S/C15H11Cl2N3/c1-8-6-9(2-5-12(8)17)15-19-13-7-10(16)3-4-11(13)14(18)20-15/h2-7H,1H3,(H2,18,19,20). The number of anilines is 1. The molecule has 0 amide bonds. The van der Waals surface area contributed by atoms with Crippen LogP contribution >= 0.6 is 23.2 Å². The normalized spacial score (nSPS) is 10.9. The molecule has 20 heavy (non-hydrogen) atoms. The number of hydrogen-bond donors (Lipinski definition) is 1. The first-order valence-corrected chi connectivity index (χ1v) is 6.79. The summed E-state index contributed by atoms with van der Waals surface area (Å²) < 4.78 is 0. The quantitative estimate of drug-likeness (QED) is 0.720. The minimum atomic E-state index is 0.439. The zero-order valence-electron chi connectivity index (χ0n) is 10.7. The Bertz CT molecular complexity index is 816. The van der Waals surface area contributed by atoms with E-state index in [1.807, 2.05) is 31.2 Å². The number of aromatic nitrogens is 2. The van der Waals surface area contributed by atoms with Crippen molar-refractivity contribution in [1.29, 1.82) is 0 Å². The van der Waals surface area contributed by atoms with Gasteiger partial charge < -0.3 is 5.73 Å². The summed E-state index contributed by atoms with van der Waals surface area (Å²) in [5.74, 6) is 1.01. The smallest absolute Gasteiger partial charge is 0.162 e. The molecule has 3 aromatic rings. The predicted molar refractivity (Wildman–Crippen MR) is 84.1 cm³/mol. The molecule has 0 atom stereocenters. The Morgan fingerprint density at radius 1 is 1.00 bits per heavy atom.